The fourth-order valence-corrected chi connectivity index (χ4v) is 3.03. The maximum atomic E-state index is 6.17. The Labute approximate surface area is 115 Å². The molecular formula is C13H15N5S. The Bertz CT molecular complexity index is 756. The Morgan fingerprint density at radius 1 is 1.26 bits per heavy atom. The third-order valence-electron chi connectivity index (χ3n) is 3.13. The molecule has 98 valence electrons. The predicted molar refractivity (Wildman–Crippen MR) is 77.4 cm³/mol. The maximum Gasteiger partial charge on any atom is 0.234 e. The van der Waals surface area contributed by atoms with Crippen molar-refractivity contribution in [3.05, 3.63) is 29.1 Å². The third kappa shape index (κ3) is 1.88. The van der Waals surface area contributed by atoms with Crippen LogP contribution in [0.4, 0.5) is 5.69 Å². The highest BCUT2D eigenvalue weighted by Gasteiger charge is 2.14. The van der Waals surface area contributed by atoms with Gasteiger partial charge >= 0.3 is 0 Å². The molecule has 5 nitrogen and oxygen atoms in total. The van der Waals surface area contributed by atoms with Gasteiger partial charge in [-0.05, 0) is 25.5 Å². The lowest BCUT2D eigenvalue weighted by molar-refractivity contribution is 0.838. The van der Waals surface area contributed by atoms with Gasteiger partial charge in [-0.2, -0.15) is 9.61 Å². The SMILES string of the molecule is CCc1nnc2sc(-c3cc(C)cc(C)c3N)nn12. The topological polar surface area (TPSA) is 69.1 Å². The number of nitrogens with zero attached hydrogens (tertiary/aromatic N) is 4. The number of aryl methyl sites for hydroxylation is 3. The zero-order chi connectivity index (χ0) is 13.6. The molecule has 0 aliphatic rings. The van der Waals surface area contributed by atoms with E-state index in [-0.39, 0.29) is 0 Å². The summed E-state index contributed by atoms with van der Waals surface area (Å²) in [7, 11) is 0. The van der Waals surface area contributed by atoms with Gasteiger partial charge in [0, 0.05) is 17.7 Å². The first-order chi connectivity index (χ1) is 9.10. The smallest absolute Gasteiger partial charge is 0.234 e. The minimum Gasteiger partial charge on any atom is -0.398 e. The first-order valence-electron chi connectivity index (χ1n) is 6.18. The molecule has 0 radical (unpaired) electrons. The zero-order valence-corrected chi connectivity index (χ0v) is 12.0. The van der Waals surface area contributed by atoms with Crippen molar-refractivity contribution in [1.29, 1.82) is 0 Å². The van der Waals surface area contributed by atoms with Gasteiger partial charge in [0.15, 0.2) is 5.82 Å². The number of nitrogens with two attached hydrogens (primary N) is 1. The van der Waals surface area contributed by atoms with Crippen molar-refractivity contribution < 1.29 is 0 Å². The van der Waals surface area contributed by atoms with Crippen molar-refractivity contribution in [2.24, 2.45) is 0 Å². The highest BCUT2D eigenvalue weighted by Crippen LogP contribution is 2.32. The van der Waals surface area contributed by atoms with Crippen LogP contribution >= 0.6 is 11.3 Å². The molecule has 2 aromatic heterocycles. The van der Waals surface area contributed by atoms with Gasteiger partial charge in [-0.25, -0.2) is 0 Å². The van der Waals surface area contributed by atoms with Crippen LogP contribution in [0.5, 0.6) is 0 Å². The molecule has 6 heteroatoms. The van der Waals surface area contributed by atoms with E-state index in [9.17, 15) is 0 Å². The average molecular weight is 273 g/mol. The molecule has 0 bridgehead atoms. The van der Waals surface area contributed by atoms with Gasteiger partial charge in [0.25, 0.3) is 0 Å². The van der Waals surface area contributed by atoms with Gasteiger partial charge in [0.1, 0.15) is 5.01 Å². The molecule has 1 aromatic carbocycles. The number of aromatic nitrogens is 4. The molecular weight excluding hydrogens is 258 g/mol. The van der Waals surface area contributed by atoms with Crippen molar-refractivity contribution in [1.82, 2.24) is 19.8 Å². The first-order valence-corrected chi connectivity index (χ1v) is 7.00. The molecule has 3 aromatic rings. The van der Waals surface area contributed by atoms with Gasteiger partial charge < -0.3 is 5.73 Å². The van der Waals surface area contributed by atoms with E-state index in [0.29, 0.717) is 0 Å². The van der Waals surface area contributed by atoms with Crippen molar-refractivity contribution >= 4 is 22.0 Å². The number of hydrogen-bond acceptors (Lipinski definition) is 5. The van der Waals surface area contributed by atoms with Gasteiger partial charge in [0.2, 0.25) is 4.96 Å². The summed E-state index contributed by atoms with van der Waals surface area (Å²) in [4.78, 5) is 0.811. The van der Waals surface area contributed by atoms with Gasteiger partial charge in [-0.3, -0.25) is 0 Å². The molecule has 0 amide bonds. The van der Waals surface area contributed by atoms with E-state index in [1.54, 1.807) is 4.52 Å². The van der Waals surface area contributed by atoms with E-state index in [1.807, 2.05) is 13.8 Å². The summed E-state index contributed by atoms with van der Waals surface area (Å²) in [6.07, 6.45) is 0.812. The zero-order valence-electron chi connectivity index (χ0n) is 11.1. The highest BCUT2D eigenvalue weighted by atomic mass is 32.1. The van der Waals surface area contributed by atoms with Crippen molar-refractivity contribution in [3.63, 3.8) is 0 Å². The summed E-state index contributed by atoms with van der Waals surface area (Å²) in [6.45, 7) is 6.12. The van der Waals surface area contributed by atoms with Crippen LogP contribution in [0.15, 0.2) is 12.1 Å². The lowest BCUT2D eigenvalue weighted by Gasteiger charge is -2.07. The fourth-order valence-electron chi connectivity index (χ4n) is 2.14. The molecule has 0 spiro atoms. The van der Waals surface area contributed by atoms with Crippen LogP contribution in [-0.2, 0) is 6.42 Å². The fraction of sp³-hybridized carbons (Fsp3) is 0.308. The van der Waals surface area contributed by atoms with E-state index in [0.717, 1.165) is 39.0 Å². The van der Waals surface area contributed by atoms with Crippen LogP contribution in [0.1, 0.15) is 23.9 Å². The maximum absolute atomic E-state index is 6.17. The molecule has 0 aliphatic carbocycles. The summed E-state index contributed by atoms with van der Waals surface area (Å²) in [5.41, 5.74) is 10.2. The molecule has 0 atom stereocenters. The molecule has 2 heterocycles. The van der Waals surface area contributed by atoms with Gasteiger partial charge in [0.05, 0.1) is 0 Å². The van der Waals surface area contributed by atoms with Crippen molar-refractivity contribution in [3.8, 4) is 10.6 Å². The Morgan fingerprint density at radius 3 is 2.79 bits per heavy atom. The quantitative estimate of drug-likeness (QED) is 0.729. The summed E-state index contributed by atoms with van der Waals surface area (Å²) >= 11 is 1.52. The number of benzene rings is 1. The van der Waals surface area contributed by atoms with Gasteiger partial charge in [-0.1, -0.05) is 29.9 Å². The van der Waals surface area contributed by atoms with Crippen LogP contribution in [0.25, 0.3) is 15.5 Å². The Kier molecular flexibility index (Phi) is 2.74. The lowest BCUT2D eigenvalue weighted by atomic mass is 10.1. The number of fused-ring (bicyclic) bond motifs is 1. The van der Waals surface area contributed by atoms with E-state index >= 15 is 0 Å². The van der Waals surface area contributed by atoms with E-state index in [1.165, 1.54) is 16.9 Å². The lowest BCUT2D eigenvalue weighted by Crippen LogP contribution is -1.97. The number of hydrogen-bond donors (Lipinski definition) is 1. The highest BCUT2D eigenvalue weighted by molar-refractivity contribution is 7.19. The second kappa shape index (κ2) is 4.31. The Morgan fingerprint density at radius 2 is 2.05 bits per heavy atom. The Hall–Kier alpha value is -1.95. The van der Waals surface area contributed by atoms with Crippen LogP contribution in [0.2, 0.25) is 0 Å². The second-order valence-electron chi connectivity index (χ2n) is 4.61. The minimum atomic E-state index is 0.786. The Balaban J connectivity index is 2.21. The first kappa shape index (κ1) is 12.1. The third-order valence-corrected chi connectivity index (χ3v) is 4.07. The molecule has 2 N–H and O–H groups in total. The van der Waals surface area contributed by atoms with Crippen LogP contribution in [0.3, 0.4) is 0 Å². The number of rotatable bonds is 2. The van der Waals surface area contributed by atoms with Crippen LogP contribution < -0.4 is 5.73 Å². The molecule has 0 saturated carbocycles. The van der Waals surface area contributed by atoms with E-state index < -0.39 is 0 Å². The predicted octanol–water partition coefficient (Wildman–Crippen LogP) is 2.61. The second-order valence-corrected chi connectivity index (χ2v) is 5.57. The standard InChI is InChI=1S/C13H15N5S/c1-4-10-15-16-13-18(10)17-12(19-13)9-6-7(2)5-8(3)11(9)14/h5-6H,4,14H2,1-3H3. The normalized spacial score (nSPS) is 11.3. The molecule has 3 rings (SSSR count). The van der Waals surface area contributed by atoms with Crippen molar-refractivity contribution in [2.75, 3.05) is 5.73 Å². The number of nitrogen functional groups attached to an aromatic ring is 1. The molecule has 0 saturated heterocycles. The minimum absolute atomic E-state index is 0.786. The average Bonchev–Trinajstić information content (AvgIpc) is 2.93. The summed E-state index contributed by atoms with van der Waals surface area (Å²) in [5, 5.41) is 13.7. The summed E-state index contributed by atoms with van der Waals surface area (Å²) in [6, 6.07) is 4.15. The monoisotopic (exact) mass is 273 g/mol. The van der Waals surface area contributed by atoms with Gasteiger partial charge in [-0.15, -0.1) is 10.2 Å². The van der Waals surface area contributed by atoms with Crippen LogP contribution in [0, 0.1) is 13.8 Å². The van der Waals surface area contributed by atoms with E-state index in [2.05, 4.69) is 34.4 Å². The molecule has 0 fully saturated rings. The van der Waals surface area contributed by atoms with Crippen molar-refractivity contribution in [2.45, 2.75) is 27.2 Å². The van der Waals surface area contributed by atoms with Crippen LogP contribution in [-0.4, -0.2) is 19.8 Å². The summed E-state index contributed by atoms with van der Waals surface area (Å²) in [5.74, 6) is 0.875. The molecule has 19 heavy (non-hydrogen) atoms. The summed E-state index contributed by atoms with van der Waals surface area (Å²) < 4.78 is 1.80. The largest absolute Gasteiger partial charge is 0.398 e. The van der Waals surface area contributed by atoms with E-state index in [4.69, 9.17) is 5.73 Å². The molecule has 0 unspecified atom stereocenters. The molecule has 0 aliphatic heterocycles. The number of anilines is 1.